The second-order valence-corrected chi connectivity index (χ2v) is 4.35. The van der Waals surface area contributed by atoms with Crippen LogP contribution in [-0.4, -0.2) is 25.1 Å². The predicted octanol–water partition coefficient (Wildman–Crippen LogP) is 2.80. The lowest BCUT2D eigenvalue weighted by Gasteiger charge is -2.23. The van der Waals surface area contributed by atoms with E-state index in [1.807, 2.05) is 13.1 Å². The fraction of sp³-hybridized carbons (Fsp3) is 0.400. The summed E-state index contributed by atoms with van der Waals surface area (Å²) in [5.41, 5.74) is 3.46. The van der Waals surface area contributed by atoms with E-state index in [0.29, 0.717) is 0 Å². The molecule has 96 valence electrons. The van der Waals surface area contributed by atoms with Gasteiger partial charge in [0.2, 0.25) is 0 Å². The Balaban J connectivity index is 2.59. The summed E-state index contributed by atoms with van der Waals surface area (Å²) in [7, 11) is 1.95. The smallest absolute Gasteiger partial charge is 0.0726 e. The minimum absolute atomic E-state index is 0.805. The number of aromatic nitrogens is 1. The van der Waals surface area contributed by atoms with Crippen LogP contribution in [0.5, 0.6) is 0 Å². The van der Waals surface area contributed by atoms with Crippen molar-refractivity contribution in [1.29, 1.82) is 0 Å². The highest BCUT2D eigenvalue weighted by molar-refractivity contribution is 5.91. The van der Waals surface area contributed by atoms with Gasteiger partial charge in [-0.05, 0) is 33.0 Å². The molecule has 1 heterocycles. The first-order chi connectivity index (χ1) is 8.80. The molecule has 0 aliphatic rings. The van der Waals surface area contributed by atoms with Crippen LogP contribution in [0.1, 0.15) is 19.5 Å². The summed E-state index contributed by atoms with van der Waals surface area (Å²) in [4.78, 5) is 7.07. The van der Waals surface area contributed by atoms with Crippen LogP contribution in [0.2, 0.25) is 0 Å². The fourth-order valence-electron chi connectivity index (χ4n) is 2.31. The van der Waals surface area contributed by atoms with Crippen LogP contribution in [0.15, 0.2) is 30.3 Å². The van der Waals surface area contributed by atoms with E-state index < -0.39 is 0 Å². The number of nitrogens with zero attached hydrogens (tertiary/aromatic N) is 2. The SMILES string of the molecule is CCN(CC)c1cc(CNC)nc2ccccc12. The zero-order valence-corrected chi connectivity index (χ0v) is 11.4. The van der Waals surface area contributed by atoms with Crippen molar-refractivity contribution in [2.75, 3.05) is 25.0 Å². The Bertz CT molecular complexity index is 518. The summed E-state index contributed by atoms with van der Waals surface area (Å²) < 4.78 is 0. The molecule has 0 atom stereocenters. The number of para-hydroxylation sites is 1. The molecule has 1 N–H and O–H groups in total. The van der Waals surface area contributed by atoms with Gasteiger partial charge in [0.25, 0.3) is 0 Å². The van der Waals surface area contributed by atoms with Crippen LogP contribution in [0.4, 0.5) is 5.69 Å². The van der Waals surface area contributed by atoms with Gasteiger partial charge in [0, 0.05) is 30.7 Å². The highest BCUT2D eigenvalue weighted by Gasteiger charge is 2.09. The normalized spacial score (nSPS) is 10.8. The average Bonchev–Trinajstić information content (AvgIpc) is 2.40. The number of hydrogen-bond donors (Lipinski definition) is 1. The van der Waals surface area contributed by atoms with E-state index in [4.69, 9.17) is 0 Å². The molecular formula is C15H21N3. The second kappa shape index (κ2) is 5.83. The lowest BCUT2D eigenvalue weighted by atomic mass is 10.1. The molecule has 18 heavy (non-hydrogen) atoms. The first-order valence-electron chi connectivity index (χ1n) is 6.58. The highest BCUT2D eigenvalue weighted by atomic mass is 15.1. The summed E-state index contributed by atoms with van der Waals surface area (Å²) in [6.45, 7) is 7.22. The van der Waals surface area contributed by atoms with Crippen molar-refractivity contribution in [2.45, 2.75) is 20.4 Å². The van der Waals surface area contributed by atoms with E-state index in [1.54, 1.807) is 0 Å². The third-order valence-electron chi connectivity index (χ3n) is 3.21. The van der Waals surface area contributed by atoms with E-state index in [-0.39, 0.29) is 0 Å². The lowest BCUT2D eigenvalue weighted by Crippen LogP contribution is -2.22. The summed E-state index contributed by atoms with van der Waals surface area (Å²) in [5, 5.41) is 4.41. The highest BCUT2D eigenvalue weighted by Crippen LogP contribution is 2.26. The molecule has 2 rings (SSSR count). The molecule has 0 aliphatic carbocycles. The Morgan fingerprint density at radius 1 is 1.17 bits per heavy atom. The van der Waals surface area contributed by atoms with Gasteiger partial charge in [-0.2, -0.15) is 0 Å². The Hall–Kier alpha value is -1.61. The van der Waals surface area contributed by atoms with Gasteiger partial charge in [0.15, 0.2) is 0 Å². The van der Waals surface area contributed by atoms with E-state index in [0.717, 1.165) is 30.8 Å². The average molecular weight is 243 g/mol. The zero-order chi connectivity index (χ0) is 13.0. The van der Waals surface area contributed by atoms with Gasteiger partial charge in [0.1, 0.15) is 0 Å². The molecule has 0 spiro atoms. The minimum atomic E-state index is 0.805. The first-order valence-corrected chi connectivity index (χ1v) is 6.58. The molecule has 1 aromatic carbocycles. The molecule has 0 bridgehead atoms. The summed E-state index contributed by atoms with van der Waals surface area (Å²) in [6, 6.07) is 10.6. The van der Waals surface area contributed by atoms with Crippen molar-refractivity contribution >= 4 is 16.6 Å². The minimum Gasteiger partial charge on any atom is -0.371 e. The van der Waals surface area contributed by atoms with E-state index in [2.05, 4.69) is 53.3 Å². The van der Waals surface area contributed by atoms with Crippen molar-refractivity contribution in [3.8, 4) is 0 Å². The maximum atomic E-state index is 4.69. The Labute approximate surface area is 109 Å². The van der Waals surface area contributed by atoms with Gasteiger partial charge in [-0.3, -0.25) is 4.98 Å². The Morgan fingerprint density at radius 3 is 2.56 bits per heavy atom. The molecule has 3 nitrogen and oxygen atoms in total. The van der Waals surface area contributed by atoms with Crippen molar-refractivity contribution in [3.63, 3.8) is 0 Å². The molecular weight excluding hydrogens is 222 g/mol. The van der Waals surface area contributed by atoms with Gasteiger partial charge in [0.05, 0.1) is 11.2 Å². The van der Waals surface area contributed by atoms with Gasteiger partial charge < -0.3 is 10.2 Å². The van der Waals surface area contributed by atoms with Gasteiger partial charge in [-0.25, -0.2) is 0 Å². The number of nitrogens with one attached hydrogen (secondary N) is 1. The summed E-state index contributed by atoms with van der Waals surface area (Å²) >= 11 is 0. The molecule has 1 aromatic heterocycles. The molecule has 0 fully saturated rings. The van der Waals surface area contributed by atoms with Crippen LogP contribution in [-0.2, 0) is 6.54 Å². The number of anilines is 1. The number of benzene rings is 1. The number of hydrogen-bond acceptors (Lipinski definition) is 3. The Kier molecular flexibility index (Phi) is 4.15. The van der Waals surface area contributed by atoms with Crippen LogP contribution in [0, 0.1) is 0 Å². The predicted molar refractivity (Wildman–Crippen MR) is 78.1 cm³/mol. The van der Waals surface area contributed by atoms with E-state index in [9.17, 15) is 0 Å². The number of fused-ring (bicyclic) bond motifs is 1. The van der Waals surface area contributed by atoms with Crippen molar-refractivity contribution < 1.29 is 0 Å². The van der Waals surface area contributed by atoms with Crippen LogP contribution in [0.3, 0.4) is 0 Å². The maximum absolute atomic E-state index is 4.69. The van der Waals surface area contributed by atoms with Crippen molar-refractivity contribution in [2.24, 2.45) is 0 Å². The topological polar surface area (TPSA) is 28.2 Å². The third kappa shape index (κ3) is 2.46. The quantitative estimate of drug-likeness (QED) is 0.875. The Morgan fingerprint density at radius 2 is 1.89 bits per heavy atom. The monoisotopic (exact) mass is 243 g/mol. The molecule has 0 saturated heterocycles. The standard InChI is InChI=1S/C15H21N3/c1-4-18(5-2)15-10-12(11-16-3)17-14-9-7-6-8-13(14)15/h6-10,16H,4-5,11H2,1-3H3. The number of rotatable bonds is 5. The first kappa shape index (κ1) is 12.8. The zero-order valence-electron chi connectivity index (χ0n) is 11.4. The van der Waals surface area contributed by atoms with E-state index >= 15 is 0 Å². The molecule has 0 unspecified atom stereocenters. The fourth-order valence-corrected chi connectivity index (χ4v) is 2.31. The van der Waals surface area contributed by atoms with Gasteiger partial charge >= 0.3 is 0 Å². The van der Waals surface area contributed by atoms with Gasteiger partial charge in [-0.15, -0.1) is 0 Å². The third-order valence-corrected chi connectivity index (χ3v) is 3.21. The molecule has 0 saturated carbocycles. The van der Waals surface area contributed by atoms with Crippen molar-refractivity contribution in [1.82, 2.24) is 10.3 Å². The largest absolute Gasteiger partial charge is 0.371 e. The maximum Gasteiger partial charge on any atom is 0.0726 e. The molecule has 3 heteroatoms. The lowest BCUT2D eigenvalue weighted by molar-refractivity contribution is 0.792. The molecule has 0 amide bonds. The van der Waals surface area contributed by atoms with Crippen molar-refractivity contribution in [3.05, 3.63) is 36.0 Å². The summed E-state index contributed by atoms with van der Waals surface area (Å²) in [6.07, 6.45) is 0. The molecule has 0 aliphatic heterocycles. The van der Waals surface area contributed by atoms with Crippen LogP contribution < -0.4 is 10.2 Å². The summed E-state index contributed by atoms with van der Waals surface area (Å²) in [5.74, 6) is 0. The second-order valence-electron chi connectivity index (χ2n) is 4.35. The molecule has 0 radical (unpaired) electrons. The van der Waals surface area contributed by atoms with Gasteiger partial charge in [-0.1, -0.05) is 18.2 Å². The van der Waals surface area contributed by atoms with E-state index in [1.165, 1.54) is 11.1 Å². The van der Waals surface area contributed by atoms with Crippen LogP contribution in [0.25, 0.3) is 10.9 Å². The molecule has 2 aromatic rings. The van der Waals surface area contributed by atoms with Crippen LogP contribution >= 0.6 is 0 Å². The number of pyridine rings is 1.